The fraction of sp³-hybridized carbons (Fsp3) is 0.174. The first-order valence-corrected chi connectivity index (χ1v) is 11.7. The lowest BCUT2D eigenvalue weighted by Crippen LogP contribution is -2.31. The van der Waals surface area contributed by atoms with Crippen LogP contribution in [0.2, 0.25) is 10.6 Å². The highest BCUT2D eigenvalue weighted by Crippen LogP contribution is 2.25. The Morgan fingerprint density at radius 2 is 1.85 bits per heavy atom. The van der Waals surface area contributed by atoms with Crippen molar-refractivity contribution in [2.75, 3.05) is 6.61 Å². The lowest BCUT2D eigenvalue weighted by atomic mass is 10.1. The fourth-order valence-electron chi connectivity index (χ4n) is 3.01. The monoisotopic (exact) mass is 476 g/mol. The fourth-order valence-corrected chi connectivity index (χ4v) is 3.74. The van der Waals surface area contributed by atoms with E-state index in [2.05, 4.69) is 25.0 Å². The minimum absolute atomic E-state index is 0.000318. The van der Waals surface area contributed by atoms with E-state index in [1.54, 1.807) is 36.4 Å². The molecule has 33 heavy (non-hydrogen) atoms. The number of aryl methyl sites for hydroxylation is 1. The van der Waals surface area contributed by atoms with Gasteiger partial charge in [-0.3, -0.25) is 14.5 Å². The molecule has 0 aliphatic carbocycles. The number of hydrogen-bond acceptors (Lipinski definition) is 6. The minimum Gasteiger partial charge on any atom is -0.396 e. The zero-order valence-electron chi connectivity index (χ0n) is 18.0. The largest absolute Gasteiger partial charge is 0.396 e. The molecule has 1 atom stereocenters. The molecule has 10 heteroatoms. The molecule has 4 aromatic rings. The number of rotatable bonds is 7. The number of aromatic nitrogens is 5. The molecule has 2 N–H and O–H groups in total. The molecule has 4 rings (SSSR count). The Morgan fingerprint density at radius 1 is 1.09 bits per heavy atom. The van der Waals surface area contributed by atoms with Gasteiger partial charge in [-0.05, 0) is 35.9 Å². The number of nitrogens with zero attached hydrogens (tertiary/aromatic N) is 5. The average molecular weight is 477 g/mol. The minimum atomic E-state index is -0.326. The summed E-state index contributed by atoms with van der Waals surface area (Å²) in [6.45, 7) is 1.86. The van der Waals surface area contributed by atoms with E-state index in [0.29, 0.717) is 22.1 Å². The maximum absolute atomic E-state index is 12.8. The van der Waals surface area contributed by atoms with Crippen LogP contribution in [0.1, 0.15) is 17.4 Å². The van der Waals surface area contributed by atoms with Crippen molar-refractivity contribution >= 4 is 27.2 Å². The Labute approximate surface area is 198 Å². The van der Waals surface area contributed by atoms with Crippen molar-refractivity contribution in [2.24, 2.45) is 7.05 Å². The summed E-state index contributed by atoms with van der Waals surface area (Å²) >= 11 is 5.97. The molecular weight excluding hydrogens is 456 g/mol. The highest BCUT2D eigenvalue weighted by atomic mass is 35.5. The van der Waals surface area contributed by atoms with E-state index in [-0.39, 0.29) is 33.4 Å². The smallest absolute Gasteiger partial charge is 0.262 e. The molecule has 0 unspecified atom stereocenters. The molecule has 2 radical (unpaired) electrons. The lowest BCUT2D eigenvalue weighted by molar-refractivity contribution is 0.0975. The number of aliphatic hydroxyl groups is 1. The van der Waals surface area contributed by atoms with Crippen molar-refractivity contribution in [1.82, 2.24) is 29.7 Å². The molecule has 3 aromatic heterocycles. The molecule has 1 aromatic carbocycles. The first kappa shape index (κ1) is 22.8. The van der Waals surface area contributed by atoms with Gasteiger partial charge in [0.1, 0.15) is 5.69 Å². The maximum Gasteiger partial charge on any atom is 0.262 e. The predicted octanol–water partition coefficient (Wildman–Crippen LogP) is 3.41. The van der Waals surface area contributed by atoms with Gasteiger partial charge in [0.2, 0.25) is 0 Å². The Morgan fingerprint density at radius 3 is 2.48 bits per heavy atom. The zero-order chi connectivity index (χ0) is 23.4. The summed E-state index contributed by atoms with van der Waals surface area (Å²) in [4.78, 5) is 29.3. The molecule has 0 aliphatic heterocycles. The van der Waals surface area contributed by atoms with Crippen LogP contribution in [0.4, 0.5) is 0 Å². The van der Waals surface area contributed by atoms with E-state index in [4.69, 9.17) is 11.6 Å². The van der Waals surface area contributed by atoms with Gasteiger partial charge >= 0.3 is 0 Å². The summed E-state index contributed by atoms with van der Waals surface area (Å²) in [5.41, 5.74) is 3.97. The van der Waals surface area contributed by atoms with E-state index >= 15 is 0 Å². The molecule has 0 spiro atoms. The quantitative estimate of drug-likeness (QED) is 0.396. The van der Waals surface area contributed by atoms with E-state index in [9.17, 15) is 9.90 Å². The number of amides is 1. The second kappa shape index (κ2) is 10.0. The van der Waals surface area contributed by atoms with E-state index in [1.165, 1.54) is 0 Å². The first-order chi connectivity index (χ1) is 15.9. The van der Waals surface area contributed by atoms with Crippen molar-refractivity contribution in [3.63, 3.8) is 0 Å². The molecule has 0 saturated heterocycles. The summed E-state index contributed by atoms with van der Waals surface area (Å²) in [7, 11) is 1.88. The molecule has 1 amide bonds. The van der Waals surface area contributed by atoms with Crippen LogP contribution in [0, 0.1) is 0 Å². The molecule has 0 saturated carbocycles. The van der Waals surface area contributed by atoms with E-state index in [1.807, 2.05) is 43.3 Å². The van der Waals surface area contributed by atoms with Crippen molar-refractivity contribution in [1.29, 1.82) is 0 Å². The van der Waals surface area contributed by atoms with Crippen LogP contribution in [-0.4, -0.2) is 52.0 Å². The number of benzene rings is 1. The van der Waals surface area contributed by atoms with Crippen LogP contribution in [0.5, 0.6) is 0 Å². The van der Waals surface area contributed by atoms with Gasteiger partial charge < -0.3 is 10.1 Å². The number of hydrogen-bond donors (Lipinski definition) is 2. The predicted molar refractivity (Wildman–Crippen MR) is 128 cm³/mol. The number of carbonyl (C=O) groups excluding carboxylic acids is 1. The number of halogens is 1. The second-order valence-electron chi connectivity index (χ2n) is 7.49. The highest BCUT2D eigenvalue weighted by Gasteiger charge is 2.16. The maximum atomic E-state index is 12.8. The third-order valence-electron chi connectivity index (χ3n) is 4.83. The molecule has 166 valence electrons. The van der Waals surface area contributed by atoms with Crippen LogP contribution in [0.25, 0.3) is 33.9 Å². The van der Waals surface area contributed by atoms with Crippen LogP contribution >= 0.6 is 11.6 Å². The van der Waals surface area contributed by atoms with Crippen molar-refractivity contribution in [3.8, 4) is 33.9 Å². The molecule has 8 nitrogen and oxygen atoms in total. The zero-order valence-corrected chi connectivity index (χ0v) is 19.8. The Kier molecular flexibility index (Phi) is 6.92. The first-order valence-electron chi connectivity index (χ1n) is 10.2. The van der Waals surface area contributed by atoms with E-state index in [0.717, 1.165) is 16.8 Å². The summed E-state index contributed by atoms with van der Waals surface area (Å²) in [5.74, 6) is 0.0687. The average Bonchev–Trinajstić information content (AvgIpc) is 3.29. The molecule has 0 fully saturated rings. The Bertz CT molecular complexity index is 1260. The van der Waals surface area contributed by atoms with Crippen molar-refractivity contribution in [3.05, 3.63) is 71.8 Å². The normalized spacial score (nSPS) is 11.9. The summed E-state index contributed by atoms with van der Waals surface area (Å²) in [6, 6.07) is 12.9. The van der Waals surface area contributed by atoms with Gasteiger partial charge in [0.15, 0.2) is 15.5 Å². The van der Waals surface area contributed by atoms with Gasteiger partial charge in [-0.15, -0.1) is 0 Å². The SMILES string of the molecule is C[C@@H](CO)[Si]NC(=O)c1cc(-c2ccc(-c3ccc(Cl)cc3)nc2)nc(-c2cnn(C)c2)n1. The standard InChI is InChI=1S/C23H21ClN6O2Si/c1-14(13-31)33-29-23(32)21-9-20(27-22(28-21)17-11-26-30(2)12-17)16-5-8-19(25-10-16)15-3-6-18(24)7-4-15/h3-12,14,31H,13H2,1-2H3,(H,29,32)/t14-/m0/s1. The molecular formula is C23H21ClN6O2Si. The Balaban J connectivity index is 1.69. The van der Waals surface area contributed by atoms with Crippen LogP contribution in [0.15, 0.2) is 61.1 Å². The lowest BCUT2D eigenvalue weighted by Gasteiger charge is -2.10. The van der Waals surface area contributed by atoms with Gasteiger partial charge in [-0.25, -0.2) is 9.97 Å². The Hall–Kier alpha value is -3.40. The van der Waals surface area contributed by atoms with Crippen LogP contribution in [0.3, 0.4) is 0 Å². The van der Waals surface area contributed by atoms with Gasteiger partial charge in [0.25, 0.3) is 5.91 Å². The molecule has 3 heterocycles. The van der Waals surface area contributed by atoms with Crippen LogP contribution in [-0.2, 0) is 7.05 Å². The van der Waals surface area contributed by atoms with E-state index < -0.39 is 0 Å². The van der Waals surface area contributed by atoms with Gasteiger partial charge in [0, 0.05) is 42.2 Å². The van der Waals surface area contributed by atoms with Gasteiger partial charge in [0.05, 0.1) is 23.1 Å². The van der Waals surface area contributed by atoms with Crippen LogP contribution < -0.4 is 4.98 Å². The number of pyridine rings is 1. The summed E-state index contributed by atoms with van der Waals surface area (Å²) < 4.78 is 1.65. The number of nitrogens with one attached hydrogen (secondary N) is 1. The van der Waals surface area contributed by atoms with Crippen molar-refractivity contribution < 1.29 is 9.90 Å². The summed E-state index contributed by atoms with van der Waals surface area (Å²) in [6.07, 6.45) is 5.16. The molecule has 0 aliphatic rings. The summed E-state index contributed by atoms with van der Waals surface area (Å²) in [5, 5.41) is 14.1. The highest BCUT2D eigenvalue weighted by molar-refractivity contribution is 6.40. The van der Waals surface area contributed by atoms with Gasteiger partial charge in [-0.1, -0.05) is 30.7 Å². The molecule has 0 bridgehead atoms. The van der Waals surface area contributed by atoms with Crippen molar-refractivity contribution in [2.45, 2.75) is 12.5 Å². The van der Waals surface area contributed by atoms with Gasteiger partial charge in [-0.2, -0.15) is 5.10 Å². The third-order valence-corrected chi connectivity index (χ3v) is 6.13. The third kappa shape index (κ3) is 5.51. The topological polar surface area (TPSA) is 106 Å². The second-order valence-corrected chi connectivity index (χ2v) is 9.45. The number of aliphatic hydroxyl groups excluding tert-OH is 1. The number of carbonyl (C=O) groups is 1.